The number of carbonyl (C=O) groups is 1. The fourth-order valence-corrected chi connectivity index (χ4v) is 7.26. The van der Waals surface area contributed by atoms with Crippen molar-refractivity contribution < 1.29 is 26.0 Å². The zero-order chi connectivity index (χ0) is 25.2. The van der Waals surface area contributed by atoms with Gasteiger partial charge in [0.25, 0.3) is 5.91 Å². The van der Waals surface area contributed by atoms with E-state index in [0.717, 1.165) is 30.2 Å². The van der Waals surface area contributed by atoms with Crippen LogP contribution in [0.3, 0.4) is 0 Å². The van der Waals surface area contributed by atoms with Crippen LogP contribution in [0.2, 0.25) is 0 Å². The standard InChI is InChI=1S/C24H25BrN2O6S2/c1-2-19-5-3-4-16-27(19)35(31,32)21-12-8-18(9-13-21)26-24(28)22-14-15-23(33-22)34(29,30)20-10-6-17(25)7-11-20/h6-15,19H,2-5,16H2,1H3,(H,26,28). The first-order chi connectivity index (χ1) is 16.6. The zero-order valence-corrected chi connectivity index (χ0v) is 22.2. The molecule has 1 aliphatic heterocycles. The number of sulfone groups is 1. The molecule has 0 radical (unpaired) electrons. The first kappa shape index (κ1) is 25.6. The molecule has 1 aromatic heterocycles. The minimum atomic E-state index is -3.92. The van der Waals surface area contributed by atoms with Gasteiger partial charge in [0.05, 0.1) is 9.79 Å². The molecule has 186 valence electrons. The van der Waals surface area contributed by atoms with E-state index in [2.05, 4.69) is 21.2 Å². The van der Waals surface area contributed by atoms with Gasteiger partial charge in [0.2, 0.25) is 25.0 Å². The van der Waals surface area contributed by atoms with E-state index in [1.54, 1.807) is 16.4 Å². The van der Waals surface area contributed by atoms with Crippen LogP contribution in [0.4, 0.5) is 5.69 Å². The van der Waals surface area contributed by atoms with E-state index >= 15 is 0 Å². The maximum absolute atomic E-state index is 13.1. The number of halogens is 1. The summed E-state index contributed by atoms with van der Waals surface area (Å²) in [5.41, 5.74) is 0.355. The molecule has 0 aliphatic carbocycles. The molecule has 1 fully saturated rings. The Kier molecular flexibility index (Phi) is 7.51. The van der Waals surface area contributed by atoms with Crippen LogP contribution in [0.1, 0.15) is 43.2 Å². The molecule has 4 rings (SSSR count). The molecule has 35 heavy (non-hydrogen) atoms. The molecule has 1 saturated heterocycles. The highest BCUT2D eigenvalue weighted by Gasteiger charge is 2.32. The fraction of sp³-hybridized carbons (Fsp3) is 0.292. The monoisotopic (exact) mass is 580 g/mol. The third kappa shape index (κ3) is 5.37. The van der Waals surface area contributed by atoms with Crippen molar-refractivity contribution in [2.75, 3.05) is 11.9 Å². The first-order valence-electron chi connectivity index (χ1n) is 11.2. The first-order valence-corrected chi connectivity index (χ1v) is 14.9. The van der Waals surface area contributed by atoms with E-state index in [1.807, 2.05) is 6.92 Å². The molecule has 0 saturated carbocycles. The number of anilines is 1. The highest BCUT2D eigenvalue weighted by molar-refractivity contribution is 9.10. The van der Waals surface area contributed by atoms with Crippen LogP contribution in [-0.4, -0.2) is 39.6 Å². The van der Waals surface area contributed by atoms with Crippen LogP contribution < -0.4 is 5.32 Å². The number of rotatable bonds is 7. The third-order valence-corrected chi connectivity index (χ3v) is 10.1. The largest absolute Gasteiger partial charge is 0.439 e. The smallest absolute Gasteiger partial charge is 0.291 e. The maximum Gasteiger partial charge on any atom is 0.291 e. The lowest BCUT2D eigenvalue weighted by atomic mass is 10.0. The lowest BCUT2D eigenvalue weighted by Crippen LogP contribution is -2.43. The van der Waals surface area contributed by atoms with Crippen LogP contribution >= 0.6 is 15.9 Å². The van der Waals surface area contributed by atoms with Crippen LogP contribution in [0, 0.1) is 0 Å². The van der Waals surface area contributed by atoms with Crippen LogP contribution in [0.15, 0.2) is 84.4 Å². The molecule has 8 nitrogen and oxygen atoms in total. The van der Waals surface area contributed by atoms with Gasteiger partial charge in [-0.1, -0.05) is 29.3 Å². The van der Waals surface area contributed by atoms with Gasteiger partial charge >= 0.3 is 0 Å². The predicted octanol–water partition coefficient (Wildman–Crippen LogP) is 5.08. The number of carbonyl (C=O) groups excluding carboxylic acids is 1. The summed E-state index contributed by atoms with van der Waals surface area (Å²) in [6.45, 7) is 2.49. The van der Waals surface area contributed by atoms with Crippen molar-refractivity contribution in [2.24, 2.45) is 0 Å². The molecule has 3 aromatic rings. The van der Waals surface area contributed by atoms with E-state index in [1.165, 1.54) is 48.5 Å². The number of piperidine rings is 1. The van der Waals surface area contributed by atoms with Gasteiger partial charge in [-0.15, -0.1) is 0 Å². The molecule has 1 atom stereocenters. The summed E-state index contributed by atoms with van der Waals surface area (Å²) in [4.78, 5) is 12.8. The van der Waals surface area contributed by atoms with Gasteiger partial charge in [0, 0.05) is 22.7 Å². The molecular weight excluding hydrogens is 556 g/mol. The Morgan fingerprint density at radius 2 is 1.63 bits per heavy atom. The summed E-state index contributed by atoms with van der Waals surface area (Å²) < 4.78 is 59.3. The molecule has 1 amide bonds. The topological polar surface area (TPSA) is 114 Å². The Labute approximate surface area is 213 Å². The van der Waals surface area contributed by atoms with E-state index in [4.69, 9.17) is 4.42 Å². The van der Waals surface area contributed by atoms with Crippen molar-refractivity contribution in [1.82, 2.24) is 4.31 Å². The maximum atomic E-state index is 13.1. The summed E-state index contributed by atoms with van der Waals surface area (Å²) in [5, 5.41) is 2.26. The number of nitrogens with one attached hydrogen (secondary N) is 1. The van der Waals surface area contributed by atoms with Crippen LogP contribution in [0.5, 0.6) is 0 Å². The summed E-state index contributed by atoms with van der Waals surface area (Å²) in [5.74, 6) is -0.837. The minimum Gasteiger partial charge on any atom is -0.439 e. The number of hydrogen-bond acceptors (Lipinski definition) is 6. The van der Waals surface area contributed by atoms with E-state index < -0.39 is 25.8 Å². The van der Waals surface area contributed by atoms with Crippen molar-refractivity contribution >= 4 is 47.4 Å². The quantitative estimate of drug-likeness (QED) is 0.416. The highest BCUT2D eigenvalue weighted by atomic mass is 79.9. The van der Waals surface area contributed by atoms with Crippen LogP contribution in [-0.2, 0) is 19.9 Å². The zero-order valence-electron chi connectivity index (χ0n) is 19.0. The lowest BCUT2D eigenvalue weighted by Gasteiger charge is -2.34. The van der Waals surface area contributed by atoms with Gasteiger partial charge in [-0.2, -0.15) is 4.31 Å². The Hall–Kier alpha value is -2.47. The van der Waals surface area contributed by atoms with E-state index in [9.17, 15) is 21.6 Å². The van der Waals surface area contributed by atoms with Crippen LogP contribution in [0.25, 0.3) is 0 Å². The fourth-order valence-electron chi connectivity index (χ4n) is 4.05. The molecule has 1 aliphatic rings. The van der Waals surface area contributed by atoms with Crippen molar-refractivity contribution in [3.8, 4) is 0 Å². The molecule has 0 spiro atoms. The molecule has 1 N–H and O–H groups in total. The average Bonchev–Trinajstić information content (AvgIpc) is 3.36. The SMILES string of the molecule is CCC1CCCCN1S(=O)(=O)c1ccc(NC(=O)c2ccc(S(=O)(=O)c3ccc(Br)cc3)o2)cc1. The van der Waals surface area contributed by atoms with Crippen molar-refractivity contribution in [3.05, 3.63) is 70.9 Å². The van der Waals surface area contributed by atoms with Gasteiger partial charge in [0.1, 0.15) is 0 Å². The number of benzene rings is 2. The number of sulfonamides is 1. The van der Waals surface area contributed by atoms with Gasteiger partial charge in [-0.05, 0) is 79.9 Å². The molecule has 11 heteroatoms. The average molecular weight is 582 g/mol. The number of amides is 1. The Morgan fingerprint density at radius 3 is 2.29 bits per heavy atom. The van der Waals surface area contributed by atoms with E-state index in [0.29, 0.717) is 12.2 Å². The second kappa shape index (κ2) is 10.3. The van der Waals surface area contributed by atoms with Crippen molar-refractivity contribution in [3.63, 3.8) is 0 Å². The summed E-state index contributed by atoms with van der Waals surface area (Å²) in [7, 11) is -7.55. The Bertz CT molecular complexity index is 1420. The minimum absolute atomic E-state index is 0.00466. The van der Waals surface area contributed by atoms with Crippen molar-refractivity contribution in [1.29, 1.82) is 0 Å². The Balaban J connectivity index is 1.47. The Morgan fingerprint density at radius 1 is 0.971 bits per heavy atom. The van der Waals surface area contributed by atoms with Gasteiger partial charge in [0.15, 0.2) is 5.76 Å². The van der Waals surface area contributed by atoms with Crippen molar-refractivity contribution in [2.45, 2.75) is 53.5 Å². The molecular formula is C24H25BrN2O6S2. The third-order valence-electron chi connectivity index (χ3n) is 5.96. The summed E-state index contributed by atoms with van der Waals surface area (Å²) in [6, 6.07) is 14.5. The van der Waals surface area contributed by atoms with E-state index in [-0.39, 0.29) is 26.7 Å². The highest BCUT2D eigenvalue weighted by Crippen LogP contribution is 2.28. The second-order valence-electron chi connectivity index (χ2n) is 8.23. The van der Waals surface area contributed by atoms with Gasteiger partial charge in [-0.25, -0.2) is 16.8 Å². The van der Waals surface area contributed by atoms with Gasteiger partial charge in [-0.3, -0.25) is 4.79 Å². The summed E-state index contributed by atoms with van der Waals surface area (Å²) in [6.07, 6.45) is 3.48. The molecule has 2 heterocycles. The molecule has 0 bridgehead atoms. The lowest BCUT2D eigenvalue weighted by molar-refractivity contribution is 0.0991. The summed E-state index contributed by atoms with van der Waals surface area (Å²) >= 11 is 3.26. The molecule has 2 aromatic carbocycles. The number of nitrogens with zero attached hydrogens (tertiary/aromatic N) is 1. The predicted molar refractivity (Wildman–Crippen MR) is 135 cm³/mol. The normalized spacial score (nSPS) is 17.3. The van der Waals surface area contributed by atoms with Gasteiger partial charge < -0.3 is 9.73 Å². The second-order valence-corrected chi connectivity index (χ2v) is 12.9. The molecule has 1 unspecified atom stereocenters. The number of furan rings is 1. The number of hydrogen-bond donors (Lipinski definition) is 1.